The minimum absolute atomic E-state index is 0.115. The fraction of sp³-hybridized carbons (Fsp3) is 0.222. The Morgan fingerprint density at radius 2 is 1.80 bits per heavy atom. The number of para-hydroxylation sites is 1. The average molecular weight is 358 g/mol. The van der Waals surface area contributed by atoms with Crippen molar-refractivity contribution in [3.05, 3.63) is 60.9 Å². The van der Waals surface area contributed by atoms with Gasteiger partial charge in [-0.15, -0.1) is 0 Å². The zero-order valence-corrected chi connectivity index (χ0v) is 15.0. The monoisotopic (exact) mass is 358 g/mol. The van der Waals surface area contributed by atoms with Crippen LogP contribution in [0, 0.1) is 0 Å². The third kappa shape index (κ3) is 4.04. The molecule has 0 aliphatic carbocycles. The molecule has 0 radical (unpaired) electrons. The Morgan fingerprint density at radius 3 is 2.52 bits per heavy atom. The first kappa shape index (κ1) is 16.2. The van der Waals surface area contributed by atoms with Gasteiger partial charge in [-0.25, -0.2) is 0 Å². The zero-order valence-electron chi connectivity index (χ0n) is 15.1. The van der Waals surface area contributed by atoms with Crippen LogP contribution in [0.15, 0.2) is 60.9 Å². The molecule has 1 heterocycles. The molecule has 1 aromatic heterocycles. The van der Waals surface area contributed by atoms with Crippen LogP contribution in [0.25, 0.3) is 11.0 Å². The summed E-state index contributed by atoms with van der Waals surface area (Å²) in [7, 11) is -0.357. The molecule has 2 aromatic carbocycles. The molecular weight excluding hydrogens is 337 g/mol. The topological polar surface area (TPSA) is 64.6 Å². The zero-order chi connectivity index (χ0) is 18.6. The lowest BCUT2D eigenvalue weighted by Gasteiger charge is -2.26. The number of aromatic nitrogens is 2. The lowest BCUT2D eigenvalue weighted by atomic mass is 10.2. The molecule has 6 nitrogen and oxygen atoms in total. The number of hydrogen-bond donors (Lipinski definition) is 0. The van der Waals surface area contributed by atoms with Crippen molar-refractivity contribution in [1.82, 2.24) is 9.97 Å². The minimum Gasteiger partial charge on any atom is -0.341 e. The summed E-state index contributed by atoms with van der Waals surface area (Å²) in [5, 5.41) is 0. The highest BCUT2D eigenvalue weighted by Crippen LogP contribution is 2.46. The van der Waals surface area contributed by atoms with Crippen molar-refractivity contribution >= 4 is 30.0 Å². The highest BCUT2D eigenvalue weighted by Gasteiger charge is 2.23. The maximum Gasteiger partial charge on any atom is 0.331 e. The lowest BCUT2D eigenvalue weighted by Crippen LogP contribution is -2.21. The van der Waals surface area contributed by atoms with Crippen LogP contribution < -0.4 is 4.90 Å². The van der Waals surface area contributed by atoms with E-state index in [-0.39, 0.29) is 12.3 Å². The number of rotatable bonds is 7. The molecule has 0 bridgehead atoms. The maximum absolute atomic E-state index is 12.5. The second-order valence-corrected chi connectivity index (χ2v) is 7.76. The molecule has 0 unspecified atom stereocenters. The van der Waals surface area contributed by atoms with Crippen molar-refractivity contribution in [3.63, 3.8) is 0 Å². The molecule has 0 fully saturated rings. The van der Waals surface area contributed by atoms with Gasteiger partial charge in [-0.2, -0.15) is 0 Å². The fourth-order valence-corrected chi connectivity index (χ4v) is 3.53. The van der Waals surface area contributed by atoms with Gasteiger partial charge in [0.2, 0.25) is 0 Å². The summed E-state index contributed by atoms with van der Waals surface area (Å²) in [6.45, 7) is 0.433. The largest absolute Gasteiger partial charge is 0.341 e. The van der Waals surface area contributed by atoms with E-state index in [1.807, 2.05) is 53.4 Å². The average Bonchev–Trinajstić information content (AvgIpc) is 2.68. The van der Waals surface area contributed by atoms with Gasteiger partial charge in [0.1, 0.15) is 0 Å². The van der Waals surface area contributed by atoms with E-state index < -0.39 is 7.60 Å². The Bertz CT molecular complexity index is 931. The first-order chi connectivity index (χ1) is 12.5. The highest BCUT2D eigenvalue weighted by atomic mass is 31.2. The molecule has 0 amide bonds. The van der Waals surface area contributed by atoms with Crippen LogP contribution in [0.2, 0.25) is 0 Å². The van der Waals surface area contributed by atoms with Crippen LogP contribution in [0.4, 0.5) is 11.4 Å². The highest BCUT2D eigenvalue weighted by molar-refractivity contribution is 7.53. The quantitative estimate of drug-likeness (QED) is 0.588. The van der Waals surface area contributed by atoms with E-state index in [0.717, 1.165) is 16.9 Å². The third-order valence-electron chi connectivity index (χ3n) is 3.94. The smallest absolute Gasteiger partial charge is 0.331 e. The van der Waals surface area contributed by atoms with E-state index in [9.17, 15) is 4.57 Å². The SMILES string of the molecule is [2H]c1cnc2ccc(N(CCP(=O)(OC)OC)c3ccccc3)cc2n1. The van der Waals surface area contributed by atoms with Gasteiger partial charge in [-0.3, -0.25) is 14.5 Å². The first-order valence-corrected chi connectivity index (χ1v) is 9.54. The van der Waals surface area contributed by atoms with Crippen LogP contribution >= 0.6 is 7.60 Å². The third-order valence-corrected chi connectivity index (χ3v) is 5.80. The van der Waals surface area contributed by atoms with Gasteiger partial charge in [0.15, 0.2) is 0 Å². The van der Waals surface area contributed by atoms with Gasteiger partial charge in [-0.05, 0) is 30.3 Å². The molecule has 0 spiro atoms. The molecule has 0 aliphatic rings. The van der Waals surface area contributed by atoms with Crippen molar-refractivity contribution in [3.8, 4) is 0 Å². The second kappa shape index (κ2) is 7.74. The van der Waals surface area contributed by atoms with Crippen LogP contribution in [-0.4, -0.2) is 36.9 Å². The Morgan fingerprint density at radius 1 is 1.04 bits per heavy atom. The van der Waals surface area contributed by atoms with Crippen molar-refractivity contribution < 1.29 is 15.0 Å². The van der Waals surface area contributed by atoms with Crippen LogP contribution in [0.5, 0.6) is 0 Å². The summed E-state index contributed by atoms with van der Waals surface area (Å²) in [4.78, 5) is 10.5. The van der Waals surface area contributed by atoms with Crippen molar-refractivity contribution in [2.75, 3.05) is 31.8 Å². The predicted molar refractivity (Wildman–Crippen MR) is 99.5 cm³/mol. The van der Waals surface area contributed by atoms with Gasteiger partial charge in [0.05, 0.1) is 18.6 Å². The Labute approximate surface area is 148 Å². The summed E-state index contributed by atoms with van der Waals surface area (Å²) in [5.74, 6) is 0. The number of anilines is 2. The maximum atomic E-state index is 12.5. The Kier molecular flexibility index (Phi) is 5.02. The second-order valence-electron chi connectivity index (χ2n) is 5.36. The molecule has 25 heavy (non-hydrogen) atoms. The van der Waals surface area contributed by atoms with E-state index in [1.54, 1.807) is 0 Å². The number of hydrogen-bond acceptors (Lipinski definition) is 6. The van der Waals surface area contributed by atoms with E-state index in [0.29, 0.717) is 12.1 Å². The molecule has 130 valence electrons. The van der Waals surface area contributed by atoms with Gasteiger partial charge < -0.3 is 13.9 Å². The van der Waals surface area contributed by atoms with Crippen molar-refractivity contribution in [2.45, 2.75) is 0 Å². The predicted octanol–water partition coefficient (Wildman–Crippen LogP) is 4.25. The summed E-state index contributed by atoms with van der Waals surface area (Å²) in [6, 6.07) is 15.4. The molecule has 3 aromatic rings. The van der Waals surface area contributed by atoms with Gasteiger partial charge in [-0.1, -0.05) is 18.2 Å². The summed E-state index contributed by atoms with van der Waals surface area (Å²) < 4.78 is 30.2. The van der Waals surface area contributed by atoms with Crippen molar-refractivity contribution in [2.24, 2.45) is 0 Å². The summed E-state index contributed by atoms with van der Waals surface area (Å²) in [5.41, 5.74) is 3.16. The standard InChI is InChI=1S/C18H20N3O3P/c1-23-25(22,24-2)13-12-21(15-6-4-3-5-7-15)16-8-9-17-18(14-16)20-11-10-19-17/h3-11,14H,12-13H2,1-2H3/i11D. The molecule has 3 rings (SSSR count). The number of nitrogens with zero attached hydrogens (tertiary/aromatic N) is 3. The van der Waals surface area contributed by atoms with Crippen LogP contribution in [-0.2, 0) is 13.6 Å². The van der Waals surface area contributed by atoms with E-state index in [1.165, 1.54) is 20.4 Å². The molecule has 0 saturated heterocycles. The molecule has 0 atom stereocenters. The van der Waals surface area contributed by atoms with Crippen LogP contribution in [0.3, 0.4) is 0 Å². The number of benzene rings is 2. The molecule has 7 heteroatoms. The summed E-state index contributed by atoms with van der Waals surface area (Å²) >= 11 is 0. The Hall–Kier alpha value is -2.27. The van der Waals surface area contributed by atoms with Gasteiger partial charge in [0, 0.05) is 44.5 Å². The minimum atomic E-state index is -3.13. The number of fused-ring (bicyclic) bond motifs is 1. The first-order valence-electron chi connectivity index (χ1n) is 8.31. The molecule has 0 saturated carbocycles. The van der Waals surface area contributed by atoms with E-state index in [4.69, 9.17) is 10.4 Å². The normalized spacial score (nSPS) is 12.2. The molecule has 0 N–H and O–H groups in total. The fourth-order valence-electron chi connectivity index (χ4n) is 2.57. The molecule has 0 aliphatic heterocycles. The van der Waals surface area contributed by atoms with Gasteiger partial charge >= 0.3 is 7.60 Å². The van der Waals surface area contributed by atoms with Gasteiger partial charge in [0.25, 0.3) is 0 Å². The van der Waals surface area contributed by atoms with Crippen LogP contribution in [0.1, 0.15) is 1.37 Å². The van der Waals surface area contributed by atoms with E-state index >= 15 is 0 Å². The lowest BCUT2D eigenvalue weighted by molar-refractivity contribution is 0.276. The summed E-state index contributed by atoms with van der Waals surface area (Å²) in [6.07, 6.45) is 1.77. The van der Waals surface area contributed by atoms with E-state index in [2.05, 4.69) is 9.97 Å². The Balaban J connectivity index is 1.99. The molecular formula is C18H20N3O3P. The van der Waals surface area contributed by atoms with Crippen molar-refractivity contribution in [1.29, 1.82) is 0 Å².